The number of hydrogen-bond acceptors (Lipinski definition) is 5. The van der Waals surface area contributed by atoms with Crippen LogP contribution in [0, 0.1) is 6.92 Å². The van der Waals surface area contributed by atoms with Crippen molar-refractivity contribution in [2.75, 3.05) is 36.4 Å². The molecule has 2 heterocycles. The van der Waals surface area contributed by atoms with Crippen molar-refractivity contribution in [1.82, 2.24) is 10.1 Å². The molecule has 116 valence electrons. The molecule has 0 radical (unpaired) electrons. The summed E-state index contributed by atoms with van der Waals surface area (Å²) in [6.07, 6.45) is 0. The standard InChI is InChI=1S/C15H18N4O3/c1-11-9-14(17-22-11)16-15(21)19-7-5-18(6-8-19)12-3-2-4-13(20)10-12/h2-4,9-10,20H,5-8H2,1H3,(H,16,17,21). The van der Waals surface area contributed by atoms with Gasteiger partial charge in [-0.2, -0.15) is 0 Å². The van der Waals surface area contributed by atoms with Crippen LogP contribution in [-0.2, 0) is 0 Å². The Labute approximate surface area is 128 Å². The molecule has 3 rings (SSSR count). The van der Waals surface area contributed by atoms with E-state index in [0.29, 0.717) is 37.8 Å². The molecule has 1 aromatic carbocycles. The zero-order valence-corrected chi connectivity index (χ0v) is 12.3. The largest absolute Gasteiger partial charge is 0.508 e. The fourth-order valence-electron chi connectivity index (χ4n) is 2.47. The molecule has 0 saturated carbocycles. The van der Waals surface area contributed by atoms with Crippen molar-refractivity contribution in [3.05, 3.63) is 36.1 Å². The highest BCUT2D eigenvalue weighted by Crippen LogP contribution is 2.21. The maximum atomic E-state index is 12.1. The molecule has 0 aliphatic carbocycles. The van der Waals surface area contributed by atoms with Crippen LogP contribution in [0.1, 0.15) is 5.76 Å². The molecule has 0 bridgehead atoms. The number of nitrogens with zero attached hydrogens (tertiary/aromatic N) is 3. The minimum atomic E-state index is -0.177. The lowest BCUT2D eigenvalue weighted by molar-refractivity contribution is 0.208. The number of piperazine rings is 1. The first-order chi connectivity index (χ1) is 10.6. The Kier molecular flexibility index (Phi) is 3.86. The molecular formula is C15H18N4O3. The highest BCUT2D eigenvalue weighted by atomic mass is 16.5. The van der Waals surface area contributed by atoms with E-state index in [2.05, 4.69) is 15.4 Å². The molecule has 2 N–H and O–H groups in total. The maximum Gasteiger partial charge on any atom is 0.323 e. The number of hydrogen-bond donors (Lipinski definition) is 2. The number of phenolic OH excluding ortho intramolecular Hbond substituents is 1. The monoisotopic (exact) mass is 302 g/mol. The van der Waals surface area contributed by atoms with Crippen molar-refractivity contribution < 1.29 is 14.4 Å². The molecule has 1 saturated heterocycles. The van der Waals surface area contributed by atoms with E-state index in [1.165, 1.54) is 0 Å². The predicted octanol–water partition coefficient (Wildman–Crippen LogP) is 2.04. The number of aromatic hydroxyl groups is 1. The second-order valence-electron chi connectivity index (χ2n) is 5.25. The summed E-state index contributed by atoms with van der Waals surface area (Å²) in [7, 11) is 0. The highest BCUT2D eigenvalue weighted by molar-refractivity contribution is 5.88. The van der Waals surface area contributed by atoms with Crippen LogP contribution < -0.4 is 10.2 Å². The fourth-order valence-corrected chi connectivity index (χ4v) is 2.47. The SMILES string of the molecule is Cc1cc(NC(=O)N2CCN(c3cccc(O)c3)CC2)no1. The van der Waals surface area contributed by atoms with Crippen LogP contribution in [0.2, 0.25) is 0 Å². The number of rotatable bonds is 2. The van der Waals surface area contributed by atoms with E-state index in [-0.39, 0.29) is 11.8 Å². The van der Waals surface area contributed by atoms with Crippen molar-refractivity contribution >= 4 is 17.5 Å². The molecular weight excluding hydrogens is 284 g/mol. The lowest BCUT2D eigenvalue weighted by Gasteiger charge is -2.35. The quantitative estimate of drug-likeness (QED) is 0.887. The molecule has 7 nitrogen and oxygen atoms in total. The Morgan fingerprint density at radius 2 is 2.05 bits per heavy atom. The van der Waals surface area contributed by atoms with Crippen LogP contribution in [0.3, 0.4) is 0 Å². The molecule has 0 spiro atoms. The van der Waals surface area contributed by atoms with Crippen LogP contribution in [0.25, 0.3) is 0 Å². The van der Waals surface area contributed by atoms with Crippen molar-refractivity contribution in [2.45, 2.75) is 6.92 Å². The van der Waals surface area contributed by atoms with Crippen molar-refractivity contribution in [3.8, 4) is 5.75 Å². The second kappa shape index (κ2) is 5.97. The number of urea groups is 1. The van der Waals surface area contributed by atoms with Crippen LogP contribution in [0.15, 0.2) is 34.9 Å². The van der Waals surface area contributed by atoms with Crippen LogP contribution in [0.5, 0.6) is 5.75 Å². The number of carbonyl (C=O) groups excluding carboxylic acids is 1. The third kappa shape index (κ3) is 3.13. The van der Waals surface area contributed by atoms with Crippen LogP contribution in [-0.4, -0.2) is 47.4 Å². The van der Waals surface area contributed by atoms with Crippen molar-refractivity contribution in [3.63, 3.8) is 0 Å². The summed E-state index contributed by atoms with van der Waals surface area (Å²) in [6, 6.07) is 8.65. The zero-order chi connectivity index (χ0) is 15.5. The normalized spacial score (nSPS) is 15.0. The van der Waals surface area contributed by atoms with E-state index in [4.69, 9.17) is 4.52 Å². The van der Waals surface area contributed by atoms with Crippen LogP contribution >= 0.6 is 0 Å². The highest BCUT2D eigenvalue weighted by Gasteiger charge is 2.22. The first-order valence-electron chi connectivity index (χ1n) is 7.15. The summed E-state index contributed by atoms with van der Waals surface area (Å²) < 4.78 is 4.92. The number of aromatic nitrogens is 1. The summed E-state index contributed by atoms with van der Waals surface area (Å²) in [5.74, 6) is 1.33. The first kappa shape index (κ1) is 14.2. The Morgan fingerprint density at radius 3 is 2.68 bits per heavy atom. The number of nitrogens with one attached hydrogen (secondary N) is 1. The number of benzene rings is 1. The summed E-state index contributed by atoms with van der Waals surface area (Å²) in [6.45, 7) is 4.43. The van der Waals surface area contributed by atoms with E-state index < -0.39 is 0 Å². The van der Waals surface area contributed by atoms with Gasteiger partial charge in [0.05, 0.1) is 0 Å². The average molecular weight is 302 g/mol. The molecule has 7 heteroatoms. The number of amides is 2. The third-order valence-corrected chi connectivity index (χ3v) is 3.62. The number of carbonyl (C=O) groups is 1. The summed E-state index contributed by atoms with van der Waals surface area (Å²) in [5, 5.41) is 16.0. The van der Waals surface area contributed by atoms with Gasteiger partial charge in [0.25, 0.3) is 0 Å². The Hall–Kier alpha value is -2.70. The van der Waals surface area contributed by atoms with Crippen LogP contribution in [0.4, 0.5) is 16.3 Å². The van der Waals surface area contributed by atoms with E-state index in [9.17, 15) is 9.90 Å². The Bertz CT molecular complexity index is 662. The Morgan fingerprint density at radius 1 is 1.27 bits per heavy atom. The summed E-state index contributed by atoms with van der Waals surface area (Å²) in [4.78, 5) is 16.0. The number of phenols is 1. The molecule has 0 atom stereocenters. The van der Waals surface area contributed by atoms with Gasteiger partial charge in [-0.15, -0.1) is 0 Å². The minimum absolute atomic E-state index is 0.177. The van der Waals surface area contributed by atoms with Gasteiger partial charge >= 0.3 is 6.03 Å². The van der Waals surface area contributed by atoms with E-state index in [0.717, 1.165) is 5.69 Å². The van der Waals surface area contributed by atoms with Gasteiger partial charge < -0.3 is 19.4 Å². The van der Waals surface area contributed by atoms with Gasteiger partial charge in [-0.05, 0) is 19.1 Å². The smallest absolute Gasteiger partial charge is 0.323 e. The lowest BCUT2D eigenvalue weighted by atomic mass is 10.2. The summed E-state index contributed by atoms with van der Waals surface area (Å²) >= 11 is 0. The molecule has 0 unspecified atom stereocenters. The number of aryl methyl sites for hydroxylation is 1. The first-order valence-corrected chi connectivity index (χ1v) is 7.15. The molecule has 1 aliphatic heterocycles. The molecule has 1 fully saturated rings. The van der Waals surface area contributed by atoms with Gasteiger partial charge in [0.1, 0.15) is 11.5 Å². The van der Waals surface area contributed by atoms with Gasteiger partial charge in [-0.1, -0.05) is 11.2 Å². The minimum Gasteiger partial charge on any atom is -0.508 e. The zero-order valence-electron chi connectivity index (χ0n) is 12.3. The van der Waals surface area contributed by atoms with Crippen molar-refractivity contribution in [2.24, 2.45) is 0 Å². The van der Waals surface area contributed by atoms with Gasteiger partial charge in [0.2, 0.25) is 0 Å². The maximum absolute atomic E-state index is 12.1. The molecule has 1 aromatic heterocycles. The number of anilines is 2. The second-order valence-corrected chi connectivity index (χ2v) is 5.25. The molecule has 2 amide bonds. The predicted molar refractivity (Wildman–Crippen MR) is 82.2 cm³/mol. The van der Waals surface area contributed by atoms with Gasteiger partial charge in [-0.3, -0.25) is 5.32 Å². The summed E-state index contributed by atoms with van der Waals surface area (Å²) in [5.41, 5.74) is 0.965. The van der Waals surface area contributed by atoms with E-state index in [1.807, 2.05) is 12.1 Å². The van der Waals surface area contributed by atoms with Crippen molar-refractivity contribution in [1.29, 1.82) is 0 Å². The third-order valence-electron chi connectivity index (χ3n) is 3.62. The van der Waals surface area contributed by atoms with Gasteiger partial charge in [-0.25, -0.2) is 4.79 Å². The molecule has 22 heavy (non-hydrogen) atoms. The lowest BCUT2D eigenvalue weighted by Crippen LogP contribution is -2.50. The molecule has 1 aliphatic rings. The average Bonchev–Trinajstić information content (AvgIpc) is 2.92. The Balaban J connectivity index is 1.56. The van der Waals surface area contributed by atoms with Gasteiger partial charge in [0.15, 0.2) is 5.82 Å². The molecule has 2 aromatic rings. The van der Waals surface area contributed by atoms with E-state index >= 15 is 0 Å². The van der Waals surface area contributed by atoms with Gasteiger partial charge in [0, 0.05) is 44.0 Å². The fraction of sp³-hybridized carbons (Fsp3) is 0.333. The topological polar surface area (TPSA) is 81.8 Å². The van der Waals surface area contributed by atoms with E-state index in [1.54, 1.807) is 30.0 Å².